The number of nitrogens with one attached hydrogen (secondary N) is 2. The average Bonchev–Trinajstić information content (AvgIpc) is 3.39. The number of carbonyl (C=O) groups excluding carboxylic acids is 2. The second-order valence-corrected chi connectivity index (χ2v) is 11.9. The standard InChI is InChI=1S/C22H30N4O2S4/c1-15(25-10-4-8-19(25)27)31-21(29)23-13-17-6-3-7-18(12-17)14-24-22(30)32-16(2)26-11-5-9-20(26)28/h3,6-7,12,15-16H,4-5,8-11,13-14H2,1-2H3,(H,23,29)(H,24,30). The highest BCUT2D eigenvalue weighted by Gasteiger charge is 2.27. The molecular weight excluding hydrogens is 481 g/mol. The number of thiocarbonyl (C=S) groups is 2. The van der Waals surface area contributed by atoms with Crippen molar-refractivity contribution in [2.75, 3.05) is 13.1 Å². The zero-order chi connectivity index (χ0) is 23.1. The van der Waals surface area contributed by atoms with Crippen LogP contribution >= 0.6 is 48.0 Å². The fourth-order valence-electron chi connectivity index (χ4n) is 3.83. The summed E-state index contributed by atoms with van der Waals surface area (Å²) in [6, 6.07) is 8.27. The van der Waals surface area contributed by atoms with Crippen LogP contribution in [0.25, 0.3) is 0 Å². The Balaban J connectivity index is 1.40. The summed E-state index contributed by atoms with van der Waals surface area (Å²) in [6.07, 6.45) is 3.15. The molecule has 0 saturated carbocycles. The largest absolute Gasteiger partial charge is 0.367 e. The Morgan fingerprint density at radius 1 is 0.906 bits per heavy atom. The van der Waals surface area contributed by atoms with Crippen LogP contribution in [0.4, 0.5) is 0 Å². The fourth-order valence-corrected chi connectivity index (χ4v) is 6.44. The van der Waals surface area contributed by atoms with E-state index in [-0.39, 0.29) is 22.6 Å². The Kier molecular flexibility index (Phi) is 9.63. The predicted octanol–water partition coefficient (Wildman–Crippen LogP) is 3.84. The molecule has 2 fully saturated rings. The third-order valence-electron chi connectivity index (χ3n) is 5.52. The molecule has 1 aromatic carbocycles. The summed E-state index contributed by atoms with van der Waals surface area (Å²) < 4.78 is 1.40. The topological polar surface area (TPSA) is 64.7 Å². The van der Waals surface area contributed by atoms with Crippen LogP contribution in [0.5, 0.6) is 0 Å². The predicted molar refractivity (Wildman–Crippen MR) is 141 cm³/mol. The highest BCUT2D eigenvalue weighted by molar-refractivity contribution is 8.23. The van der Waals surface area contributed by atoms with Crippen LogP contribution in [0.1, 0.15) is 50.7 Å². The molecule has 2 atom stereocenters. The van der Waals surface area contributed by atoms with Gasteiger partial charge in [0.2, 0.25) is 11.8 Å². The molecule has 2 saturated heterocycles. The highest BCUT2D eigenvalue weighted by Crippen LogP contribution is 2.23. The van der Waals surface area contributed by atoms with Gasteiger partial charge in [0.25, 0.3) is 0 Å². The first kappa shape index (κ1) is 25.3. The lowest BCUT2D eigenvalue weighted by molar-refractivity contribution is -0.128. The molecule has 0 radical (unpaired) electrons. The minimum absolute atomic E-state index is 0.0530. The van der Waals surface area contributed by atoms with Crippen LogP contribution in [0, 0.1) is 0 Å². The van der Waals surface area contributed by atoms with E-state index >= 15 is 0 Å². The van der Waals surface area contributed by atoms with Crippen molar-refractivity contribution in [2.24, 2.45) is 0 Å². The van der Waals surface area contributed by atoms with E-state index in [0.29, 0.717) is 34.6 Å². The first-order valence-electron chi connectivity index (χ1n) is 10.9. The van der Waals surface area contributed by atoms with Crippen molar-refractivity contribution in [3.05, 3.63) is 35.4 Å². The molecule has 0 aliphatic carbocycles. The molecule has 10 heteroatoms. The Hall–Kier alpha value is -1.36. The van der Waals surface area contributed by atoms with Crippen molar-refractivity contribution >= 4 is 68.4 Å². The van der Waals surface area contributed by atoms with E-state index in [1.165, 1.54) is 23.5 Å². The lowest BCUT2D eigenvalue weighted by Gasteiger charge is -2.24. The summed E-state index contributed by atoms with van der Waals surface area (Å²) >= 11 is 14.0. The van der Waals surface area contributed by atoms with Crippen LogP contribution in [0.2, 0.25) is 0 Å². The number of carbonyl (C=O) groups is 2. The molecule has 2 unspecified atom stereocenters. The van der Waals surface area contributed by atoms with Gasteiger partial charge in [-0.15, -0.1) is 0 Å². The van der Waals surface area contributed by atoms with Gasteiger partial charge in [-0.25, -0.2) is 0 Å². The normalized spacial score (nSPS) is 18.1. The number of benzene rings is 1. The average molecular weight is 511 g/mol. The molecule has 2 aliphatic heterocycles. The third-order valence-corrected chi connectivity index (χ3v) is 8.29. The SMILES string of the molecule is CC(SC(=S)NCc1cccc(CNC(=S)SC(C)N2CCCC2=O)c1)N1CCCC1=O. The molecule has 6 nitrogen and oxygen atoms in total. The van der Waals surface area contributed by atoms with Crippen LogP contribution in [0.3, 0.4) is 0 Å². The number of nitrogens with zero attached hydrogens (tertiary/aromatic N) is 2. The molecule has 3 rings (SSSR count). The maximum absolute atomic E-state index is 11.9. The molecule has 0 bridgehead atoms. The minimum atomic E-state index is 0.0530. The molecule has 0 aromatic heterocycles. The van der Waals surface area contributed by atoms with Crippen LogP contribution in [0.15, 0.2) is 24.3 Å². The van der Waals surface area contributed by atoms with E-state index in [4.69, 9.17) is 24.4 Å². The maximum atomic E-state index is 11.9. The summed E-state index contributed by atoms with van der Waals surface area (Å²) in [5.41, 5.74) is 2.26. The van der Waals surface area contributed by atoms with E-state index in [1.54, 1.807) is 0 Å². The molecule has 2 amide bonds. The van der Waals surface area contributed by atoms with E-state index in [9.17, 15) is 9.59 Å². The number of thioether (sulfide) groups is 2. The van der Waals surface area contributed by atoms with Gasteiger partial charge in [0.15, 0.2) is 0 Å². The number of likely N-dealkylation sites (tertiary alicyclic amines) is 2. The first-order valence-corrected chi connectivity index (χ1v) is 13.5. The lowest BCUT2D eigenvalue weighted by Crippen LogP contribution is -2.34. The smallest absolute Gasteiger partial charge is 0.223 e. The van der Waals surface area contributed by atoms with Gasteiger partial charge in [-0.2, -0.15) is 0 Å². The fraction of sp³-hybridized carbons (Fsp3) is 0.545. The zero-order valence-electron chi connectivity index (χ0n) is 18.5. The van der Waals surface area contributed by atoms with Gasteiger partial charge in [-0.3, -0.25) is 9.59 Å². The third kappa shape index (κ3) is 7.33. The van der Waals surface area contributed by atoms with Crippen molar-refractivity contribution in [2.45, 2.75) is 63.4 Å². The zero-order valence-corrected chi connectivity index (χ0v) is 21.7. The van der Waals surface area contributed by atoms with Gasteiger partial charge < -0.3 is 20.4 Å². The van der Waals surface area contributed by atoms with E-state index in [2.05, 4.69) is 28.8 Å². The molecule has 0 spiro atoms. The van der Waals surface area contributed by atoms with Crippen LogP contribution < -0.4 is 10.6 Å². The van der Waals surface area contributed by atoms with Gasteiger partial charge in [-0.1, -0.05) is 72.2 Å². The molecule has 174 valence electrons. The van der Waals surface area contributed by atoms with Gasteiger partial charge in [0, 0.05) is 39.0 Å². The Morgan fingerprint density at radius 2 is 1.34 bits per heavy atom. The second kappa shape index (κ2) is 12.2. The van der Waals surface area contributed by atoms with Crippen molar-refractivity contribution in [3.8, 4) is 0 Å². The molecule has 2 aliphatic rings. The van der Waals surface area contributed by atoms with E-state index in [1.807, 2.05) is 29.7 Å². The number of amides is 2. The summed E-state index contributed by atoms with van der Waals surface area (Å²) in [5, 5.41) is 6.69. The van der Waals surface area contributed by atoms with E-state index < -0.39 is 0 Å². The molecule has 1 aromatic rings. The molecule has 2 heterocycles. The molecule has 32 heavy (non-hydrogen) atoms. The van der Waals surface area contributed by atoms with Crippen molar-refractivity contribution in [3.63, 3.8) is 0 Å². The number of hydrogen-bond acceptors (Lipinski definition) is 6. The summed E-state index contributed by atoms with van der Waals surface area (Å²) in [6.45, 7) is 6.95. The monoisotopic (exact) mass is 510 g/mol. The van der Waals surface area contributed by atoms with Gasteiger partial charge in [0.1, 0.15) is 8.64 Å². The Bertz CT molecular complexity index is 801. The van der Waals surface area contributed by atoms with Gasteiger partial charge in [-0.05, 0) is 37.8 Å². The van der Waals surface area contributed by atoms with Gasteiger partial charge >= 0.3 is 0 Å². The molecular formula is C22H30N4O2S4. The summed E-state index contributed by atoms with van der Waals surface area (Å²) in [4.78, 5) is 27.5. The number of rotatable bonds is 8. The van der Waals surface area contributed by atoms with Crippen LogP contribution in [-0.2, 0) is 22.7 Å². The second-order valence-electron chi connectivity index (χ2n) is 7.92. The lowest BCUT2D eigenvalue weighted by atomic mass is 10.1. The summed E-state index contributed by atoms with van der Waals surface area (Å²) in [5.74, 6) is 0.427. The quantitative estimate of drug-likeness (QED) is 0.512. The Morgan fingerprint density at radius 3 is 1.72 bits per heavy atom. The first-order chi connectivity index (χ1) is 15.3. The van der Waals surface area contributed by atoms with Crippen molar-refractivity contribution in [1.82, 2.24) is 20.4 Å². The van der Waals surface area contributed by atoms with Crippen LogP contribution in [-0.4, -0.2) is 54.1 Å². The van der Waals surface area contributed by atoms with Gasteiger partial charge in [0.05, 0.1) is 10.7 Å². The number of hydrogen-bond donors (Lipinski definition) is 2. The highest BCUT2D eigenvalue weighted by atomic mass is 32.2. The van der Waals surface area contributed by atoms with E-state index in [0.717, 1.165) is 37.1 Å². The van der Waals surface area contributed by atoms with Crippen molar-refractivity contribution in [1.29, 1.82) is 0 Å². The Labute approximate surface area is 209 Å². The van der Waals surface area contributed by atoms with Crippen molar-refractivity contribution < 1.29 is 9.59 Å². The minimum Gasteiger partial charge on any atom is -0.367 e. The maximum Gasteiger partial charge on any atom is 0.223 e. The summed E-state index contributed by atoms with van der Waals surface area (Å²) in [7, 11) is 0. The molecule has 2 N–H and O–H groups in total.